The van der Waals surface area contributed by atoms with Crippen molar-refractivity contribution in [3.05, 3.63) is 0 Å². The lowest BCUT2D eigenvalue weighted by molar-refractivity contribution is -0.143. The lowest BCUT2D eigenvalue weighted by atomic mass is 9.93. The summed E-state index contributed by atoms with van der Waals surface area (Å²) in [5.41, 5.74) is 0.295. The highest BCUT2D eigenvalue weighted by molar-refractivity contribution is 5.73. The Morgan fingerprint density at radius 1 is 1.62 bits per heavy atom. The van der Waals surface area contributed by atoms with Crippen molar-refractivity contribution < 1.29 is 9.90 Å². The summed E-state index contributed by atoms with van der Waals surface area (Å²) in [5.74, 6) is -0.680. The van der Waals surface area contributed by atoms with E-state index < -0.39 is 5.97 Å². The van der Waals surface area contributed by atoms with Crippen LogP contribution in [0.3, 0.4) is 0 Å². The zero-order chi connectivity index (χ0) is 10.1. The first-order chi connectivity index (χ1) is 5.96. The van der Waals surface area contributed by atoms with E-state index in [4.69, 9.17) is 5.11 Å². The standard InChI is InChI=1S/C10H19NO2/c1-4-8(9(12)13)11-6-5-10(2,3)7-11/h8H,4-7H2,1-3H3,(H,12,13). The maximum atomic E-state index is 10.9. The zero-order valence-electron chi connectivity index (χ0n) is 8.71. The average molecular weight is 185 g/mol. The molecule has 0 aromatic carbocycles. The smallest absolute Gasteiger partial charge is 0.320 e. The molecule has 0 amide bonds. The summed E-state index contributed by atoms with van der Waals surface area (Å²) in [6.07, 6.45) is 1.81. The number of rotatable bonds is 3. The van der Waals surface area contributed by atoms with E-state index in [0.29, 0.717) is 11.8 Å². The Morgan fingerprint density at radius 3 is 2.54 bits per heavy atom. The maximum Gasteiger partial charge on any atom is 0.320 e. The van der Waals surface area contributed by atoms with Crippen LogP contribution in [-0.4, -0.2) is 35.1 Å². The summed E-state index contributed by atoms with van der Waals surface area (Å²) in [6, 6.07) is -0.276. The number of likely N-dealkylation sites (tertiary alicyclic amines) is 1. The van der Waals surface area contributed by atoms with Crippen molar-refractivity contribution >= 4 is 5.97 Å². The highest BCUT2D eigenvalue weighted by atomic mass is 16.4. The second-order valence-corrected chi connectivity index (χ2v) is 4.65. The molecule has 0 spiro atoms. The van der Waals surface area contributed by atoms with Gasteiger partial charge in [0, 0.05) is 6.54 Å². The number of carboxylic acid groups (broad SMARTS) is 1. The van der Waals surface area contributed by atoms with Gasteiger partial charge in [-0.2, -0.15) is 0 Å². The van der Waals surface area contributed by atoms with Gasteiger partial charge in [-0.15, -0.1) is 0 Å². The van der Waals surface area contributed by atoms with E-state index in [1.807, 2.05) is 6.92 Å². The first-order valence-corrected chi connectivity index (χ1v) is 4.93. The Bertz CT molecular complexity index is 201. The van der Waals surface area contributed by atoms with Gasteiger partial charge in [0.1, 0.15) is 6.04 Å². The van der Waals surface area contributed by atoms with Crippen LogP contribution in [0, 0.1) is 5.41 Å². The number of nitrogens with zero attached hydrogens (tertiary/aromatic N) is 1. The summed E-state index contributed by atoms with van der Waals surface area (Å²) in [5, 5.41) is 8.96. The van der Waals surface area contributed by atoms with Gasteiger partial charge in [0.2, 0.25) is 0 Å². The SMILES string of the molecule is CCC(C(=O)O)N1CCC(C)(C)C1. The summed E-state index contributed by atoms with van der Waals surface area (Å²) in [4.78, 5) is 13.0. The van der Waals surface area contributed by atoms with Gasteiger partial charge < -0.3 is 5.11 Å². The Labute approximate surface area is 79.7 Å². The second-order valence-electron chi connectivity index (χ2n) is 4.65. The Hall–Kier alpha value is -0.570. The van der Waals surface area contributed by atoms with E-state index >= 15 is 0 Å². The highest BCUT2D eigenvalue weighted by Gasteiger charge is 2.35. The number of hydrogen-bond donors (Lipinski definition) is 1. The molecule has 0 aromatic rings. The van der Waals surface area contributed by atoms with Crippen molar-refractivity contribution in [3.63, 3.8) is 0 Å². The van der Waals surface area contributed by atoms with Crippen LogP contribution in [0.4, 0.5) is 0 Å². The van der Waals surface area contributed by atoms with Gasteiger partial charge in [0.05, 0.1) is 0 Å². The van der Waals surface area contributed by atoms with Crippen LogP contribution in [0.25, 0.3) is 0 Å². The van der Waals surface area contributed by atoms with Crippen LogP contribution in [0.1, 0.15) is 33.6 Å². The summed E-state index contributed by atoms with van der Waals surface area (Å²) in [7, 11) is 0. The minimum atomic E-state index is -0.680. The molecule has 1 aliphatic rings. The third-order valence-electron chi connectivity index (χ3n) is 2.82. The molecule has 1 aliphatic heterocycles. The molecule has 1 N–H and O–H groups in total. The molecule has 3 nitrogen and oxygen atoms in total. The van der Waals surface area contributed by atoms with Crippen molar-refractivity contribution in [2.45, 2.75) is 39.7 Å². The van der Waals surface area contributed by atoms with Crippen molar-refractivity contribution in [3.8, 4) is 0 Å². The van der Waals surface area contributed by atoms with Gasteiger partial charge in [-0.1, -0.05) is 20.8 Å². The molecule has 0 aliphatic carbocycles. The molecule has 13 heavy (non-hydrogen) atoms. The minimum Gasteiger partial charge on any atom is -0.480 e. The van der Waals surface area contributed by atoms with Gasteiger partial charge in [-0.3, -0.25) is 9.69 Å². The number of aliphatic carboxylic acids is 1. The molecule has 1 unspecified atom stereocenters. The fourth-order valence-corrected chi connectivity index (χ4v) is 2.01. The molecule has 0 saturated carbocycles. The maximum absolute atomic E-state index is 10.9. The summed E-state index contributed by atoms with van der Waals surface area (Å²) < 4.78 is 0. The van der Waals surface area contributed by atoms with Crippen LogP contribution in [0.15, 0.2) is 0 Å². The number of carboxylic acids is 1. The Morgan fingerprint density at radius 2 is 2.23 bits per heavy atom. The minimum absolute atomic E-state index is 0.276. The van der Waals surface area contributed by atoms with Gasteiger partial charge >= 0.3 is 5.97 Å². The third-order valence-corrected chi connectivity index (χ3v) is 2.82. The van der Waals surface area contributed by atoms with Gasteiger partial charge in [0.25, 0.3) is 0 Å². The monoisotopic (exact) mass is 185 g/mol. The van der Waals surface area contributed by atoms with Gasteiger partial charge in [-0.05, 0) is 24.8 Å². The first kappa shape index (κ1) is 10.5. The molecule has 0 radical (unpaired) electrons. The molecule has 1 heterocycles. The van der Waals surface area contributed by atoms with E-state index in [0.717, 1.165) is 19.5 Å². The molecule has 1 fully saturated rings. The number of hydrogen-bond acceptors (Lipinski definition) is 2. The van der Waals surface area contributed by atoms with Crippen LogP contribution in [0.5, 0.6) is 0 Å². The topological polar surface area (TPSA) is 40.5 Å². The fraction of sp³-hybridized carbons (Fsp3) is 0.900. The van der Waals surface area contributed by atoms with Crippen molar-refractivity contribution in [1.82, 2.24) is 4.90 Å². The molecule has 0 aromatic heterocycles. The van der Waals surface area contributed by atoms with Crippen LogP contribution >= 0.6 is 0 Å². The van der Waals surface area contributed by atoms with E-state index in [-0.39, 0.29) is 6.04 Å². The average Bonchev–Trinajstić information content (AvgIpc) is 2.31. The Kier molecular flexibility index (Phi) is 2.96. The van der Waals surface area contributed by atoms with Gasteiger partial charge in [-0.25, -0.2) is 0 Å². The van der Waals surface area contributed by atoms with Crippen LogP contribution in [-0.2, 0) is 4.79 Å². The van der Waals surface area contributed by atoms with E-state index in [1.165, 1.54) is 0 Å². The van der Waals surface area contributed by atoms with Crippen molar-refractivity contribution in [2.24, 2.45) is 5.41 Å². The first-order valence-electron chi connectivity index (χ1n) is 4.93. The second kappa shape index (κ2) is 3.66. The normalized spacial score (nSPS) is 24.5. The lowest BCUT2D eigenvalue weighted by Crippen LogP contribution is -2.39. The summed E-state index contributed by atoms with van der Waals surface area (Å²) >= 11 is 0. The van der Waals surface area contributed by atoms with Crippen LogP contribution in [0.2, 0.25) is 0 Å². The fourth-order valence-electron chi connectivity index (χ4n) is 2.01. The largest absolute Gasteiger partial charge is 0.480 e. The van der Waals surface area contributed by atoms with Gasteiger partial charge in [0.15, 0.2) is 0 Å². The van der Waals surface area contributed by atoms with Crippen molar-refractivity contribution in [1.29, 1.82) is 0 Å². The molecule has 3 heteroatoms. The zero-order valence-corrected chi connectivity index (χ0v) is 8.71. The number of carbonyl (C=O) groups is 1. The molecule has 1 atom stereocenters. The molecular weight excluding hydrogens is 166 g/mol. The van der Waals surface area contributed by atoms with E-state index in [9.17, 15) is 4.79 Å². The predicted octanol–water partition coefficient (Wildman–Crippen LogP) is 1.58. The van der Waals surface area contributed by atoms with E-state index in [1.54, 1.807) is 0 Å². The Balaban J connectivity index is 2.58. The van der Waals surface area contributed by atoms with Crippen LogP contribution < -0.4 is 0 Å². The lowest BCUT2D eigenvalue weighted by Gasteiger charge is -2.24. The molecule has 1 rings (SSSR count). The van der Waals surface area contributed by atoms with Crippen molar-refractivity contribution in [2.75, 3.05) is 13.1 Å². The van der Waals surface area contributed by atoms with E-state index in [2.05, 4.69) is 18.7 Å². The third kappa shape index (κ3) is 2.44. The predicted molar refractivity (Wildman–Crippen MR) is 51.7 cm³/mol. The molecule has 1 saturated heterocycles. The molecular formula is C10H19NO2. The summed E-state index contributed by atoms with van der Waals surface area (Å²) in [6.45, 7) is 8.17. The highest BCUT2D eigenvalue weighted by Crippen LogP contribution is 2.30. The quantitative estimate of drug-likeness (QED) is 0.725. The molecule has 76 valence electrons. The molecule has 0 bridgehead atoms.